The van der Waals surface area contributed by atoms with Crippen LogP contribution in [0.25, 0.3) is 0 Å². The molecule has 0 saturated heterocycles. The molecule has 0 radical (unpaired) electrons. The van der Waals surface area contributed by atoms with Crippen LogP contribution in [0.2, 0.25) is 0 Å². The Morgan fingerprint density at radius 3 is 1.78 bits per heavy atom. The van der Waals surface area contributed by atoms with Crippen molar-refractivity contribution in [1.29, 1.82) is 0 Å². The van der Waals surface area contributed by atoms with Crippen LogP contribution in [0.5, 0.6) is 0 Å². The molecule has 0 bridgehead atoms. The third-order valence-electron chi connectivity index (χ3n) is 1.67. The van der Waals surface area contributed by atoms with Gasteiger partial charge in [0, 0.05) is 6.42 Å². The number of esters is 1. The summed E-state index contributed by atoms with van der Waals surface area (Å²) in [6.07, 6.45) is -3.06. The zero-order valence-electron chi connectivity index (χ0n) is 8.53. The molecule has 0 saturated carbocycles. The summed E-state index contributed by atoms with van der Waals surface area (Å²) < 4.78 is 4.12. The molecule has 0 aromatic heterocycles. The van der Waals surface area contributed by atoms with Crippen LogP contribution >= 0.6 is 0 Å². The summed E-state index contributed by atoms with van der Waals surface area (Å²) in [6.45, 7) is 0. The molecule has 0 aliphatic heterocycles. The molecule has 18 heavy (non-hydrogen) atoms. The first-order valence-electron chi connectivity index (χ1n) is 4.39. The molecular formula is C8H12NNaO8. The van der Waals surface area contributed by atoms with Crippen molar-refractivity contribution in [3.8, 4) is 0 Å². The van der Waals surface area contributed by atoms with Gasteiger partial charge in [-0.25, -0.2) is 9.59 Å². The van der Waals surface area contributed by atoms with Crippen molar-refractivity contribution in [1.82, 2.24) is 0 Å². The molecule has 0 aromatic carbocycles. The van der Waals surface area contributed by atoms with Crippen LogP contribution < -0.4 is 5.73 Å². The van der Waals surface area contributed by atoms with Crippen molar-refractivity contribution in [3.05, 3.63) is 0 Å². The molecule has 0 heterocycles. The summed E-state index contributed by atoms with van der Waals surface area (Å²) in [5.74, 6) is -6.12. The molecular weight excluding hydrogens is 261 g/mol. The van der Waals surface area contributed by atoms with Crippen molar-refractivity contribution < 1.29 is 39.2 Å². The number of nitrogens with two attached hydrogens (primary N) is 1. The second-order valence-corrected chi connectivity index (χ2v) is 3.03. The van der Waals surface area contributed by atoms with E-state index in [1.165, 1.54) is 0 Å². The van der Waals surface area contributed by atoms with Gasteiger partial charge in [0.2, 0.25) is 0 Å². The Balaban J connectivity index is 0. The maximum atomic E-state index is 11.0. The number of carboxylic acids is 3. The van der Waals surface area contributed by atoms with Crippen LogP contribution in [-0.4, -0.2) is 80.9 Å². The summed E-state index contributed by atoms with van der Waals surface area (Å²) in [6, 6.07) is -1.30. The SMILES string of the molecule is N[C@@H](CCC(=O)OC(C(=O)O)C(=O)O)C(=O)O.[NaH]. The minimum absolute atomic E-state index is 0. The van der Waals surface area contributed by atoms with E-state index in [2.05, 4.69) is 4.74 Å². The average molecular weight is 273 g/mol. The second kappa shape index (κ2) is 8.86. The molecule has 0 unspecified atom stereocenters. The van der Waals surface area contributed by atoms with Crippen LogP contribution in [-0.2, 0) is 23.9 Å². The van der Waals surface area contributed by atoms with Crippen molar-refractivity contribution in [2.75, 3.05) is 0 Å². The van der Waals surface area contributed by atoms with Crippen molar-refractivity contribution >= 4 is 53.4 Å². The van der Waals surface area contributed by atoms with Crippen LogP contribution in [0, 0.1) is 0 Å². The fourth-order valence-corrected chi connectivity index (χ4v) is 0.794. The molecule has 10 heteroatoms. The monoisotopic (exact) mass is 273 g/mol. The Hall–Kier alpha value is -1.16. The van der Waals surface area contributed by atoms with Crippen molar-refractivity contribution in [3.63, 3.8) is 0 Å². The molecule has 0 fully saturated rings. The molecule has 98 valence electrons. The van der Waals surface area contributed by atoms with Gasteiger partial charge >= 0.3 is 53.4 Å². The second-order valence-electron chi connectivity index (χ2n) is 3.03. The molecule has 0 aliphatic rings. The molecule has 0 aliphatic carbocycles. The first kappa shape index (κ1) is 19.2. The topological polar surface area (TPSA) is 164 Å². The van der Waals surface area contributed by atoms with E-state index in [0.29, 0.717) is 0 Å². The number of hydrogen-bond donors (Lipinski definition) is 4. The quantitative estimate of drug-likeness (QED) is 0.225. The van der Waals surface area contributed by atoms with Gasteiger partial charge < -0.3 is 25.8 Å². The summed E-state index contributed by atoms with van der Waals surface area (Å²) in [4.78, 5) is 42.0. The van der Waals surface area contributed by atoms with Crippen molar-refractivity contribution in [2.45, 2.75) is 25.0 Å². The van der Waals surface area contributed by atoms with E-state index in [9.17, 15) is 19.2 Å². The van der Waals surface area contributed by atoms with Gasteiger partial charge in [-0.15, -0.1) is 0 Å². The molecule has 5 N–H and O–H groups in total. The molecule has 1 atom stereocenters. The minimum atomic E-state index is -2.30. The molecule has 0 aromatic rings. The third-order valence-corrected chi connectivity index (χ3v) is 1.67. The number of hydrogen-bond acceptors (Lipinski definition) is 6. The molecule has 0 rings (SSSR count). The average Bonchev–Trinajstić information content (AvgIpc) is 2.21. The third kappa shape index (κ3) is 7.22. The Bertz CT molecular complexity index is 330. The predicted molar refractivity (Wildman–Crippen MR) is 57.1 cm³/mol. The summed E-state index contributed by atoms with van der Waals surface area (Å²) in [5, 5.41) is 25.2. The molecule has 9 nitrogen and oxygen atoms in total. The molecule has 0 amide bonds. The van der Waals surface area contributed by atoms with E-state index < -0.39 is 42.4 Å². The Morgan fingerprint density at radius 2 is 1.44 bits per heavy atom. The van der Waals surface area contributed by atoms with Crippen LogP contribution in [0.1, 0.15) is 12.8 Å². The van der Waals surface area contributed by atoms with Gasteiger partial charge in [0.05, 0.1) is 0 Å². The van der Waals surface area contributed by atoms with Crippen LogP contribution in [0.3, 0.4) is 0 Å². The van der Waals surface area contributed by atoms with Gasteiger partial charge in [-0.05, 0) is 6.42 Å². The van der Waals surface area contributed by atoms with E-state index in [-0.39, 0.29) is 36.0 Å². The fourth-order valence-electron chi connectivity index (χ4n) is 0.794. The standard InChI is InChI=1S/C8H11NO8.Na.H/c9-3(6(11)12)1-2-4(10)17-5(7(13)14)8(15)16;;/h3,5H,1-2,9H2,(H,11,12)(H,13,14)(H,15,16);;/t3-;;/m0../s1. The van der Waals surface area contributed by atoms with E-state index in [1.807, 2.05) is 0 Å². The zero-order valence-corrected chi connectivity index (χ0v) is 8.53. The number of ether oxygens (including phenoxy) is 1. The van der Waals surface area contributed by atoms with Gasteiger partial charge in [-0.1, -0.05) is 0 Å². The van der Waals surface area contributed by atoms with Gasteiger partial charge in [-0.2, -0.15) is 0 Å². The zero-order chi connectivity index (χ0) is 13.6. The van der Waals surface area contributed by atoms with E-state index in [1.54, 1.807) is 0 Å². The number of carboxylic acid groups (broad SMARTS) is 3. The first-order chi connectivity index (χ1) is 7.75. The Labute approximate surface area is 123 Å². The molecule has 0 spiro atoms. The number of rotatable bonds is 7. The van der Waals surface area contributed by atoms with E-state index in [0.717, 1.165) is 0 Å². The number of aliphatic carboxylic acids is 3. The Kier molecular flexibility index (Phi) is 9.45. The summed E-state index contributed by atoms with van der Waals surface area (Å²) in [5.41, 5.74) is 5.08. The maximum absolute atomic E-state index is 11.0. The predicted octanol–water partition coefficient (Wildman–Crippen LogP) is -2.39. The van der Waals surface area contributed by atoms with E-state index >= 15 is 0 Å². The van der Waals surface area contributed by atoms with Crippen molar-refractivity contribution in [2.24, 2.45) is 5.73 Å². The van der Waals surface area contributed by atoms with Gasteiger partial charge in [-0.3, -0.25) is 9.59 Å². The van der Waals surface area contributed by atoms with Crippen LogP contribution in [0.15, 0.2) is 0 Å². The normalized spacial score (nSPS) is 11.2. The van der Waals surface area contributed by atoms with Gasteiger partial charge in [0.15, 0.2) is 0 Å². The fraction of sp³-hybridized carbons (Fsp3) is 0.500. The van der Waals surface area contributed by atoms with Crippen LogP contribution in [0.4, 0.5) is 0 Å². The number of carbonyl (C=O) groups is 4. The Morgan fingerprint density at radius 1 is 1.00 bits per heavy atom. The summed E-state index contributed by atoms with van der Waals surface area (Å²) in [7, 11) is 0. The van der Waals surface area contributed by atoms with Gasteiger partial charge in [0.1, 0.15) is 6.04 Å². The van der Waals surface area contributed by atoms with Gasteiger partial charge in [0.25, 0.3) is 6.10 Å². The first-order valence-corrected chi connectivity index (χ1v) is 4.39. The summed E-state index contributed by atoms with van der Waals surface area (Å²) >= 11 is 0. The van der Waals surface area contributed by atoms with E-state index in [4.69, 9.17) is 21.1 Å². The number of carbonyl (C=O) groups excluding carboxylic acids is 1.